The number of benzene rings is 1. The summed E-state index contributed by atoms with van der Waals surface area (Å²) in [7, 11) is 0. The third-order valence-electron chi connectivity index (χ3n) is 3.18. The topological polar surface area (TPSA) is 64.8 Å². The molecule has 1 fully saturated rings. The Kier molecular flexibility index (Phi) is 2.19. The number of hydrogen-bond acceptors (Lipinski definition) is 6. The van der Waals surface area contributed by atoms with Crippen molar-refractivity contribution < 1.29 is 25.0 Å². The molecule has 1 saturated heterocycles. The maximum atomic E-state index is 14.2. The van der Waals surface area contributed by atoms with Gasteiger partial charge in [-0.1, -0.05) is 17.6 Å². The van der Waals surface area contributed by atoms with Crippen molar-refractivity contribution >= 4 is 39.0 Å². The first kappa shape index (κ1) is 7.63. The summed E-state index contributed by atoms with van der Waals surface area (Å²) in [5.74, 6) is -2.25. The predicted molar refractivity (Wildman–Crippen MR) is 105 cm³/mol. The van der Waals surface area contributed by atoms with Gasteiger partial charge in [0.15, 0.2) is 1.41 Å². The molecule has 1 unspecified atom stereocenters. The lowest BCUT2D eigenvalue weighted by Crippen LogP contribution is -2.38. The first-order valence-electron chi connectivity index (χ1n) is 14.7. The van der Waals surface area contributed by atoms with E-state index >= 15 is 0 Å². The van der Waals surface area contributed by atoms with E-state index in [9.17, 15) is 9.65 Å². The summed E-state index contributed by atoms with van der Waals surface area (Å²) in [5, 5.41) is 8.52. The second-order valence-electron chi connectivity index (χ2n) is 4.92. The number of thiophene rings is 1. The average molecular weight is 417 g/mol. The first-order valence-corrected chi connectivity index (χ1v) is 8.37. The molecule has 27 heavy (non-hydrogen) atoms. The van der Waals surface area contributed by atoms with Gasteiger partial charge in [0, 0.05) is 37.9 Å². The van der Waals surface area contributed by atoms with Crippen molar-refractivity contribution in [2.24, 2.45) is 0 Å². The van der Waals surface area contributed by atoms with Crippen molar-refractivity contribution in [1.82, 2.24) is 14.9 Å². The van der Waals surface area contributed by atoms with Crippen LogP contribution in [0.4, 0.5) is 10.2 Å². The van der Waals surface area contributed by atoms with Crippen LogP contribution in [0.3, 0.4) is 0 Å². The second-order valence-corrected chi connectivity index (χ2v) is 6.52. The monoisotopic (exact) mass is 416 g/mol. The highest BCUT2D eigenvalue weighted by Gasteiger charge is 2.21. The zero-order valence-corrected chi connectivity index (χ0v) is 14.6. The van der Waals surface area contributed by atoms with E-state index < -0.39 is 90.9 Å². The van der Waals surface area contributed by atoms with Gasteiger partial charge < -0.3 is 5.31 Å². The van der Waals surface area contributed by atoms with E-state index in [4.69, 9.17) is 32.2 Å². The van der Waals surface area contributed by atoms with Crippen LogP contribution in [0.5, 0.6) is 0 Å². The van der Waals surface area contributed by atoms with Crippen LogP contribution in [-0.4, -0.2) is 33.9 Å². The van der Waals surface area contributed by atoms with Crippen molar-refractivity contribution in [3.63, 3.8) is 0 Å². The standard InChI is InChI=1S/C19H17ClFN5S/c20-17-8-15-18(23-11-24-19(15)27-17)25-14-3-5-26(6-4-14)10-12-1-2-16(21)13(7-12)9-22/h1-2,7-8,11,14H,3-6,10H2,(H,23,24,25)/i1D,3D2,4D2,5D2,6D2,7D,8D,10D,11D,14D/hD. The summed E-state index contributed by atoms with van der Waals surface area (Å²) in [6, 6.07) is -4.77. The SMILES string of the molecule is [2H]c1nc(N([2H])C2([2H])C([2H])([2H])C([2H])([2H])N(C([2H])c3c([2H])cc(F)c(C#N)c3[2H])C([2H])([2H])C2([2H])[2H])c2c([2H])c(Cl)sc2n1. The van der Waals surface area contributed by atoms with E-state index in [-0.39, 0.29) is 19.4 Å². The van der Waals surface area contributed by atoms with Crippen molar-refractivity contribution in [3.8, 4) is 6.07 Å². The molecular weight excluding hydrogens is 385 g/mol. The molecule has 138 valence electrons. The number of halogens is 2. The molecule has 2 aromatic heterocycles. The van der Waals surface area contributed by atoms with E-state index in [2.05, 4.69) is 9.97 Å². The third-order valence-corrected chi connectivity index (χ3v) is 4.28. The van der Waals surface area contributed by atoms with Gasteiger partial charge in [-0.25, -0.2) is 14.4 Å². The zero-order valence-electron chi connectivity index (χ0n) is 28.1. The Balaban J connectivity index is 2.01. The van der Waals surface area contributed by atoms with Gasteiger partial charge in [0.25, 0.3) is 0 Å². The molecule has 1 aliphatic rings. The molecule has 3 heterocycles. The Labute approximate surface area is 186 Å². The zero-order chi connectivity index (χ0) is 32.1. The maximum Gasteiger partial charge on any atom is 0.162 e. The molecule has 0 aliphatic carbocycles. The fourth-order valence-electron chi connectivity index (χ4n) is 2.03. The van der Waals surface area contributed by atoms with Gasteiger partial charge in [0.05, 0.1) is 20.8 Å². The Bertz CT molecular complexity index is 1630. The molecule has 8 heteroatoms. The Morgan fingerprint density at radius 1 is 1.56 bits per heavy atom. The van der Waals surface area contributed by atoms with Crippen LogP contribution in [0.25, 0.3) is 10.2 Å². The van der Waals surface area contributed by atoms with E-state index in [0.717, 1.165) is 0 Å². The lowest BCUT2D eigenvalue weighted by molar-refractivity contribution is 0.211. The number of nitriles is 1. The van der Waals surface area contributed by atoms with Gasteiger partial charge >= 0.3 is 0 Å². The van der Waals surface area contributed by atoms with Gasteiger partial charge in [-0.3, -0.25) is 4.90 Å². The summed E-state index contributed by atoms with van der Waals surface area (Å²) >= 11 is 6.64. The minimum atomic E-state index is -3.99. The van der Waals surface area contributed by atoms with Gasteiger partial charge in [0.2, 0.25) is 0 Å². The number of hydrogen-bond donors (Lipinski definition) is 1. The van der Waals surface area contributed by atoms with Crippen LogP contribution in [0.1, 0.15) is 43.1 Å². The lowest BCUT2D eigenvalue weighted by atomic mass is 10.0. The quantitative estimate of drug-likeness (QED) is 0.681. The molecule has 0 radical (unpaired) electrons. The van der Waals surface area contributed by atoms with Crippen LogP contribution in [-0.2, 0) is 6.52 Å². The predicted octanol–water partition coefficient (Wildman–Crippen LogP) is 4.43. The highest BCUT2D eigenvalue weighted by atomic mass is 35.5. The van der Waals surface area contributed by atoms with Gasteiger partial charge in [-0.15, -0.1) is 11.3 Å². The molecule has 1 aromatic carbocycles. The molecule has 0 amide bonds. The summed E-state index contributed by atoms with van der Waals surface area (Å²) < 4.78 is 141. The minimum absolute atomic E-state index is 0.174. The number of anilines is 1. The molecule has 4 rings (SSSR count). The van der Waals surface area contributed by atoms with E-state index in [1.807, 2.05) is 0 Å². The minimum Gasteiger partial charge on any atom is -0.367 e. The van der Waals surface area contributed by atoms with E-state index in [1.165, 1.54) is 6.07 Å². The highest BCUT2D eigenvalue weighted by Crippen LogP contribution is 2.32. The normalized spacial score (nSPS) is 33.6. The fraction of sp³-hybridized carbons (Fsp3) is 0.316. The largest absolute Gasteiger partial charge is 0.367 e. The second kappa shape index (κ2) is 7.77. The fourth-order valence-corrected chi connectivity index (χ4v) is 3.00. The van der Waals surface area contributed by atoms with Crippen LogP contribution >= 0.6 is 22.9 Å². The van der Waals surface area contributed by atoms with Crippen LogP contribution < -0.4 is 5.31 Å². The number of nitrogens with zero attached hydrogens (tertiary/aromatic N) is 4. The third kappa shape index (κ3) is 4.03. The molecule has 1 atom stereocenters. The van der Waals surface area contributed by atoms with Crippen molar-refractivity contribution in [3.05, 3.63) is 51.8 Å². The highest BCUT2D eigenvalue weighted by molar-refractivity contribution is 7.22. The summed E-state index contributed by atoms with van der Waals surface area (Å²) in [6.07, 6.45) is -8.79. The number of nitrogens with one attached hydrogen (secondary N) is 1. The Morgan fingerprint density at radius 3 is 3.15 bits per heavy atom. The van der Waals surface area contributed by atoms with E-state index in [0.29, 0.717) is 17.4 Å². The number of likely N-dealkylation sites (tertiary alicyclic amines) is 1. The average Bonchev–Trinajstić information content (AvgIpc) is 3.13. The summed E-state index contributed by atoms with van der Waals surface area (Å²) in [5.41, 5.74) is -1.93. The maximum absolute atomic E-state index is 14.2. The molecule has 3 aromatic rings. The molecule has 5 nitrogen and oxygen atoms in total. The van der Waals surface area contributed by atoms with Gasteiger partial charge in [-0.2, -0.15) is 5.26 Å². The Hall–Kier alpha value is -2.27. The molecule has 0 saturated carbocycles. The number of fused-ring (bicyclic) bond motifs is 1. The Morgan fingerprint density at radius 2 is 2.37 bits per heavy atom. The first-order chi connectivity index (χ1) is 19.0. The lowest BCUT2D eigenvalue weighted by Gasteiger charge is -2.32. The van der Waals surface area contributed by atoms with E-state index in [1.54, 1.807) is 0 Å². The van der Waals surface area contributed by atoms with Crippen molar-refractivity contribution in [1.29, 1.82) is 5.26 Å². The van der Waals surface area contributed by atoms with Gasteiger partial charge in [-0.05, 0) is 36.5 Å². The summed E-state index contributed by atoms with van der Waals surface area (Å²) in [4.78, 5) is 6.90. The molecule has 0 spiro atoms. The molecule has 1 N–H and O–H groups in total. The number of rotatable bonds is 4. The van der Waals surface area contributed by atoms with Crippen LogP contribution in [0.15, 0.2) is 30.5 Å². The summed E-state index contributed by atoms with van der Waals surface area (Å²) in [6.45, 7) is -10.4. The molecular formula is C19H17ClFN5S. The van der Waals surface area contributed by atoms with Crippen molar-refractivity contribution in [2.75, 3.05) is 18.3 Å². The molecule has 1 aliphatic heterocycles. The smallest absolute Gasteiger partial charge is 0.162 e. The van der Waals surface area contributed by atoms with Crippen LogP contribution in [0.2, 0.25) is 5.75 Å². The molecule has 0 bridgehead atoms. The van der Waals surface area contributed by atoms with Crippen molar-refractivity contribution in [2.45, 2.75) is 25.3 Å². The number of piperidine rings is 1. The van der Waals surface area contributed by atoms with Crippen LogP contribution in [0, 0.1) is 17.1 Å². The number of aromatic nitrogens is 2. The van der Waals surface area contributed by atoms with Gasteiger partial charge in [0.1, 0.15) is 30.2 Å².